The summed E-state index contributed by atoms with van der Waals surface area (Å²) < 4.78 is 32.6. The summed E-state index contributed by atoms with van der Waals surface area (Å²) in [6.45, 7) is 0. The third-order valence-electron chi connectivity index (χ3n) is 2.39. The van der Waals surface area contributed by atoms with E-state index in [9.17, 15) is 8.78 Å². The van der Waals surface area contributed by atoms with Gasteiger partial charge in [-0.2, -0.15) is 0 Å². The molecule has 2 rings (SSSR count). The summed E-state index contributed by atoms with van der Waals surface area (Å²) in [7, 11) is 0. The van der Waals surface area contributed by atoms with Crippen LogP contribution in [0.2, 0.25) is 0 Å². The fourth-order valence-corrected chi connectivity index (χ4v) is 2.01. The lowest BCUT2D eigenvalue weighted by Crippen LogP contribution is -2.12. The van der Waals surface area contributed by atoms with E-state index in [-0.39, 0.29) is 27.4 Å². The van der Waals surface area contributed by atoms with Crippen LogP contribution in [0.5, 0.6) is 11.5 Å². The molecule has 0 aromatic heterocycles. The minimum Gasteiger partial charge on any atom is -0.451 e. The molecule has 6 heteroatoms. The summed E-state index contributed by atoms with van der Waals surface area (Å²) in [6.07, 6.45) is 0. The number of hydrogen-bond donors (Lipinski definition) is 2. The number of nitrogens with one attached hydrogen (secondary N) is 1. The number of nitrogen functional groups attached to an aromatic ring is 1. The monoisotopic (exact) mass is 326 g/mol. The van der Waals surface area contributed by atoms with Crippen LogP contribution in [0, 0.1) is 17.0 Å². The van der Waals surface area contributed by atoms with Gasteiger partial charge in [-0.25, -0.2) is 8.78 Å². The van der Waals surface area contributed by atoms with Crippen molar-refractivity contribution in [3.8, 4) is 11.5 Å². The van der Waals surface area contributed by atoms with E-state index in [2.05, 4.69) is 15.9 Å². The molecule has 0 radical (unpaired) electrons. The number of halogens is 3. The molecule has 2 aromatic carbocycles. The Hall–Kier alpha value is -1.95. The van der Waals surface area contributed by atoms with Crippen molar-refractivity contribution in [1.82, 2.24) is 0 Å². The van der Waals surface area contributed by atoms with E-state index in [0.717, 1.165) is 0 Å². The average Bonchev–Trinajstić information content (AvgIpc) is 2.37. The molecule has 0 saturated carbocycles. The van der Waals surface area contributed by atoms with Gasteiger partial charge in [0, 0.05) is 5.56 Å². The molecule has 0 aliphatic rings. The predicted octanol–water partition coefficient (Wildman–Crippen LogP) is 3.80. The van der Waals surface area contributed by atoms with Gasteiger partial charge >= 0.3 is 0 Å². The molecule has 0 fully saturated rings. The quantitative estimate of drug-likeness (QED) is 0.665. The van der Waals surface area contributed by atoms with Crippen molar-refractivity contribution in [2.75, 3.05) is 0 Å². The topological polar surface area (TPSA) is 59.1 Å². The molecular formula is C13H9BrF2N2O. The van der Waals surface area contributed by atoms with Gasteiger partial charge in [0.1, 0.15) is 5.84 Å². The zero-order valence-corrected chi connectivity index (χ0v) is 11.2. The van der Waals surface area contributed by atoms with Crippen LogP contribution in [-0.2, 0) is 0 Å². The number of rotatable bonds is 3. The molecule has 3 nitrogen and oxygen atoms in total. The van der Waals surface area contributed by atoms with E-state index in [0.29, 0.717) is 0 Å². The summed E-state index contributed by atoms with van der Waals surface area (Å²) in [5.74, 6) is -1.83. The number of ether oxygens (including phenoxy) is 1. The second kappa shape index (κ2) is 5.36. The Morgan fingerprint density at radius 2 is 1.79 bits per heavy atom. The Bertz CT molecular complexity index is 647. The largest absolute Gasteiger partial charge is 0.451 e. The van der Waals surface area contributed by atoms with Crippen molar-refractivity contribution in [3.05, 3.63) is 58.1 Å². The molecule has 0 atom stereocenters. The number of nitrogens with two attached hydrogens (primary N) is 1. The molecule has 0 unspecified atom stereocenters. The summed E-state index contributed by atoms with van der Waals surface area (Å²) in [5.41, 5.74) is 5.50. The fourth-order valence-electron chi connectivity index (χ4n) is 1.46. The Kier molecular flexibility index (Phi) is 3.80. The van der Waals surface area contributed by atoms with Gasteiger partial charge in [0.25, 0.3) is 0 Å². The minimum absolute atomic E-state index is 0.00818. The molecule has 3 N–H and O–H groups in total. The highest BCUT2D eigenvalue weighted by Crippen LogP contribution is 2.32. The Morgan fingerprint density at radius 1 is 1.11 bits per heavy atom. The first kappa shape index (κ1) is 13.5. The zero-order valence-electron chi connectivity index (χ0n) is 9.58. The third-order valence-corrected chi connectivity index (χ3v) is 3.17. The Morgan fingerprint density at radius 3 is 2.42 bits per heavy atom. The van der Waals surface area contributed by atoms with Crippen molar-refractivity contribution >= 4 is 21.8 Å². The number of para-hydroxylation sites is 1. The normalized spacial score (nSPS) is 10.3. The maximum Gasteiger partial charge on any atom is 0.180 e. The van der Waals surface area contributed by atoms with Gasteiger partial charge in [-0.1, -0.05) is 12.1 Å². The van der Waals surface area contributed by atoms with Gasteiger partial charge in [0.15, 0.2) is 23.1 Å². The highest BCUT2D eigenvalue weighted by molar-refractivity contribution is 9.10. The van der Waals surface area contributed by atoms with Gasteiger partial charge in [-0.05, 0) is 40.2 Å². The lowest BCUT2D eigenvalue weighted by molar-refractivity contribution is 0.413. The highest BCUT2D eigenvalue weighted by atomic mass is 79.9. The van der Waals surface area contributed by atoms with E-state index in [1.807, 2.05) is 0 Å². The fraction of sp³-hybridized carbons (Fsp3) is 0. The lowest BCUT2D eigenvalue weighted by atomic mass is 10.2. The van der Waals surface area contributed by atoms with Crippen molar-refractivity contribution < 1.29 is 13.5 Å². The second-order valence-corrected chi connectivity index (χ2v) is 4.48. The first-order chi connectivity index (χ1) is 9.00. The van der Waals surface area contributed by atoms with Crippen LogP contribution in [0.3, 0.4) is 0 Å². The molecule has 0 bridgehead atoms. The summed E-state index contributed by atoms with van der Waals surface area (Å²) in [5, 5.41) is 7.28. The van der Waals surface area contributed by atoms with Gasteiger partial charge in [0.2, 0.25) is 0 Å². The average molecular weight is 327 g/mol. The molecular weight excluding hydrogens is 318 g/mol. The van der Waals surface area contributed by atoms with Crippen LogP contribution in [-0.4, -0.2) is 5.84 Å². The maximum absolute atomic E-state index is 14.0. The zero-order chi connectivity index (χ0) is 14.0. The Labute approximate surface area is 116 Å². The second-order valence-electron chi connectivity index (χ2n) is 3.69. The summed E-state index contributed by atoms with van der Waals surface area (Å²) >= 11 is 2.99. The Balaban J connectivity index is 2.40. The van der Waals surface area contributed by atoms with Gasteiger partial charge in [-0.3, -0.25) is 5.41 Å². The molecule has 0 heterocycles. The molecule has 2 aromatic rings. The summed E-state index contributed by atoms with van der Waals surface area (Å²) in [4.78, 5) is 0. The van der Waals surface area contributed by atoms with E-state index in [1.54, 1.807) is 6.07 Å². The lowest BCUT2D eigenvalue weighted by Gasteiger charge is -2.10. The third kappa shape index (κ3) is 2.73. The van der Waals surface area contributed by atoms with Crippen LogP contribution in [0.4, 0.5) is 8.78 Å². The number of hydrogen-bond acceptors (Lipinski definition) is 2. The highest BCUT2D eigenvalue weighted by Gasteiger charge is 2.15. The van der Waals surface area contributed by atoms with Crippen molar-refractivity contribution in [3.63, 3.8) is 0 Å². The van der Waals surface area contributed by atoms with Crippen LogP contribution in [0.25, 0.3) is 0 Å². The van der Waals surface area contributed by atoms with Crippen molar-refractivity contribution in [2.45, 2.75) is 0 Å². The standard InChI is InChI=1S/C13H9BrF2N2O/c14-11-7(13(17)18)5-6-10(12(11)16)19-9-4-2-1-3-8(9)15/h1-6H,(H3,17,18). The smallest absolute Gasteiger partial charge is 0.180 e. The van der Waals surface area contributed by atoms with Crippen LogP contribution in [0.1, 0.15) is 5.56 Å². The molecule has 19 heavy (non-hydrogen) atoms. The van der Waals surface area contributed by atoms with Crippen molar-refractivity contribution in [2.24, 2.45) is 5.73 Å². The van der Waals surface area contributed by atoms with E-state index in [4.69, 9.17) is 15.9 Å². The van der Waals surface area contributed by atoms with Crippen LogP contribution < -0.4 is 10.5 Å². The first-order valence-electron chi connectivity index (χ1n) is 5.25. The molecule has 0 amide bonds. The van der Waals surface area contributed by atoms with Crippen LogP contribution >= 0.6 is 15.9 Å². The molecule has 98 valence electrons. The number of amidine groups is 1. The minimum atomic E-state index is -0.740. The predicted molar refractivity (Wildman–Crippen MR) is 71.6 cm³/mol. The molecule has 0 saturated heterocycles. The first-order valence-corrected chi connectivity index (χ1v) is 6.04. The van der Waals surface area contributed by atoms with Crippen LogP contribution in [0.15, 0.2) is 40.9 Å². The molecule has 0 aliphatic heterocycles. The van der Waals surface area contributed by atoms with Gasteiger partial charge in [-0.15, -0.1) is 0 Å². The van der Waals surface area contributed by atoms with Crippen molar-refractivity contribution in [1.29, 1.82) is 5.41 Å². The van der Waals surface area contributed by atoms with E-state index >= 15 is 0 Å². The maximum atomic E-state index is 14.0. The van der Waals surface area contributed by atoms with Gasteiger partial charge < -0.3 is 10.5 Å². The summed E-state index contributed by atoms with van der Waals surface area (Å²) in [6, 6.07) is 8.41. The van der Waals surface area contributed by atoms with Gasteiger partial charge in [0.05, 0.1) is 4.47 Å². The number of benzene rings is 2. The van der Waals surface area contributed by atoms with E-state index < -0.39 is 11.6 Å². The molecule has 0 spiro atoms. The van der Waals surface area contributed by atoms with E-state index in [1.165, 1.54) is 30.3 Å². The SMILES string of the molecule is N=C(N)c1ccc(Oc2ccccc2F)c(F)c1Br. The molecule has 0 aliphatic carbocycles.